The predicted molar refractivity (Wildman–Crippen MR) is 81.0 cm³/mol. The van der Waals surface area contributed by atoms with E-state index in [2.05, 4.69) is 36.2 Å². The first-order valence-corrected chi connectivity index (χ1v) is 7.66. The van der Waals surface area contributed by atoms with Gasteiger partial charge in [0.05, 0.1) is 5.69 Å². The van der Waals surface area contributed by atoms with Gasteiger partial charge in [-0.3, -0.25) is 0 Å². The van der Waals surface area contributed by atoms with Crippen molar-refractivity contribution in [2.24, 2.45) is 0 Å². The Hall–Kier alpha value is -1.42. The molecule has 0 amide bonds. The molecule has 1 aromatic rings. The van der Waals surface area contributed by atoms with Gasteiger partial charge >= 0.3 is 0 Å². The van der Waals surface area contributed by atoms with Gasteiger partial charge < -0.3 is 19.7 Å². The highest BCUT2D eigenvalue weighted by Crippen LogP contribution is 2.40. The van der Waals surface area contributed by atoms with Gasteiger partial charge in [0, 0.05) is 25.2 Å². The van der Waals surface area contributed by atoms with Gasteiger partial charge in [0.15, 0.2) is 11.5 Å². The molecular weight excluding hydrogens is 252 g/mol. The van der Waals surface area contributed by atoms with E-state index < -0.39 is 0 Å². The van der Waals surface area contributed by atoms with Crippen molar-refractivity contribution in [3.63, 3.8) is 0 Å². The molecule has 2 aliphatic heterocycles. The molecule has 0 spiro atoms. The van der Waals surface area contributed by atoms with E-state index in [0.717, 1.165) is 44.0 Å². The minimum Gasteiger partial charge on any atom is -0.486 e. The van der Waals surface area contributed by atoms with Crippen LogP contribution in [0.25, 0.3) is 0 Å². The highest BCUT2D eigenvalue weighted by molar-refractivity contribution is 5.65. The summed E-state index contributed by atoms with van der Waals surface area (Å²) < 4.78 is 11.5. The summed E-state index contributed by atoms with van der Waals surface area (Å²) in [7, 11) is 0. The SMILES string of the molecule is CCC1(CC)CN(c2cccc3c2OCCO3)CCN1. The van der Waals surface area contributed by atoms with E-state index in [-0.39, 0.29) is 5.54 Å². The van der Waals surface area contributed by atoms with Gasteiger partial charge in [-0.15, -0.1) is 0 Å². The topological polar surface area (TPSA) is 33.7 Å². The van der Waals surface area contributed by atoms with Crippen molar-refractivity contribution in [1.29, 1.82) is 0 Å². The second-order valence-electron chi connectivity index (χ2n) is 5.64. The van der Waals surface area contributed by atoms with E-state index in [1.165, 1.54) is 5.69 Å². The Morgan fingerprint density at radius 1 is 1.20 bits per heavy atom. The highest BCUT2D eigenvalue weighted by Gasteiger charge is 2.33. The van der Waals surface area contributed by atoms with Crippen LogP contribution in [0, 0.1) is 0 Å². The number of rotatable bonds is 3. The second-order valence-corrected chi connectivity index (χ2v) is 5.64. The molecule has 20 heavy (non-hydrogen) atoms. The fraction of sp³-hybridized carbons (Fsp3) is 0.625. The number of hydrogen-bond donors (Lipinski definition) is 1. The van der Waals surface area contributed by atoms with Crippen LogP contribution in [0.2, 0.25) is 0 Å². The Morgan fingerprint density at radius 3 is 2.80 bits per heavy atom. The zero-order chi connectivity index (χ0) is 14.0. The molecule has 0 atom stereocenters. The van der Waals surface area contributed by atoms with Crippen molar-refractivity contribution in [3.05, 3.63) is 18.2 Å². The molecule has 3 rings (SSSR count). The number of benzene rings is 1. The fourth-order valence-corrected chi connectivity index (χ4v) is 3.19. The standard InChI is InChI=1S/C16H24N2O2/c1-3-16(4-2)12-18(9-8-17-16)13-6-5-7-14-15(13)20-11-10-19-14/h5-7,17H,3-4,8-12H2,1-2H3. The molecule has 0 aromatic heterocycles. The third kappa shape index (κ3) is 2.33. The van der Waals surface area contributed by atoms with Crippen LogP contribution in [0.1, 0.15) is 26.7 Å². The molecule has 0 aliphatic carbocycles. The van der Waals surface area contributed by atoms with Crippen LogP contribution in [0.4, 0.5) is 5.69 Å². The number of anilines is 1. The quantitative estimate of drug-likeness (QED) is 0.919. The maximum absolute atomic E-state index is 5.86. The van der Waals surface area contributed by atoms with Gasteiger partial charge in [0.25, 0.3) is 0 Å². The van der Waals surface area contributed by atoms with Gasteiger partial charge in [-0.1, -0.05) is 19.9 Å². The molecule has 2 heterocycles. The molecule has 4 nitrogen and oxygen atoms in total. The summed E-state index contributed by atoms with van der Waals surface area (Å²) in [5, 5.41) is 3.70. The lowest BCUT2D eigenvalue weighted by atomic mass is 9.90. The molecule has 1 aromatic carbocycles. The number of hydrogen-bond acceptors (Lipinski definition) is 4. The Labute approximate surface area is 121 Å². The Kier molecular flexibility index (Phi) is 3.74. The number of fused-ring (bicyclic) bond motifs is 1. The minimum absolute atomic E-state index is 0.219. The van der Waals surface area contributed by atoms with Crippen LogP contribution in [-0.2, 0) is 0 Å². The number of piperazine rings is 1. The predicted octanol–water partition coefficient (Wildman–Crippen LogP) is 2.43. The van der Waals surface area contributed by atoms with E-state index in [1.54, 1.807) is 0 Å². The van der Waals surface area contributed by atoms with Crippen molar-refractivity contribution in [3.8, 4) is 11.5 Å². The lowest BCUT2D eigenvalue weighted by Crippen LogP contribution is -2.60. The molecule has 0 bridgehead atoms. The first-order valence-electron chi connectivity index (χ1n) is 7.66. The van der Waals surface area contributed by atoms with Crippen molar-refractivity contribution in [2.45, 2.75) is 32.2 Å². The fourth-order valence-electron chi connectivity index (χ4n) is 3.19. The number of nitrogens with one attached hydrogen (secondary N) is 1. The Bertz CT molecular complexity index is 472. The zero-order valence-corrected chi connectivity index (χ0v) is 12.4. The maximum atomic E-state index is 5.86. The minimum atomic E-state index is 0.219. The van der Waals surface area contributed by atoms with Gasteiger partial charge in [-0.25, -0.2) is 0 Å². The van der Waals surface area contributed by atoms with Crippen LogP contribution >= 0.6 is 0 Å². The van der Waals surface area contributed by atoms with Gasteiger partial charge in [-0.2, -0.15) is 0 Å². The molecule has 0 radical (unpaired) electrons. The largest absolute Gasteiger partial charge is 0.486 e. The van der Waals surface area contributed by atoms with Gasteiger partial charge in [0.2, 0.25) is 0 Å². The molecule has 110 valence electrons. The van der Waals surface area contributed by atoms with Crippen LogP contribution < -0.4 is 19.7 Å². The molecule has 1 saturated heterocycles. The molecule has 0 saturated carbocycles. The molecule has 4 heteroatoms. The third-order valence-electron chi connectivity index (χ3n) is 4.61. The van der Waals surface area contributed by atoms with Crippen LogP contribution in [-0.4, -0.2) is 38.4 Å². The van der Waals surface area contributed by atoms with Crippen molar-refractivity contribution >= 4 is 5.69 Å². The van der Waals surface area contributed by atoms with Crippen molar-refractivity contribution in [2.75, 3.05) is 37.7 Å². The number of nitrogens with zero attached hydrogens (tertiary/aromatic N) is 1. The summed E-state index contributed by atoms with van der Waals surface area (Å²) in [6.07, 6.45) is 2.29. The second kappa shape index (κ2) is 5.52. The van der Waals surface area contributed by atoms with Crippen LogP contribution in [0.3, 0.4) is 0 Å². The summed E-state index contributed by atoms with van der Waals surface area (Å²) in [6.45, 7) is 8.88. The highest BCUT2D eigenvalue weighted by atomic mass is 16.6. The lowest BCUT2D eigenvalue weighted by Gasteiger charge is -2.44. The van der Waals surface area contributed by atoms with E-state index in [1.807, 2.05) is 6.07 Å². The summed E-state index contributed by atoms with van der Waals surface area (Å²) >= 11 is 0. The summed E-state index contributed by atoms with van der Waals surface area (Å²) in [5.74, 6) is 1.80. The average molecular weight is 276 g/mol. The summed E-state index contributed by atoms with van der Waals surface area (Å²) in [6, 6.07) is 6.20. The lowest BCUT2D eigenvalue weighted by molar-refractivity contribution is 0.171. The first kappa shape index (κ1) is 13.6. The summed E-state index contributed by atoms with van der Waals surface area (Å²) in [5.41, 5.74) is 1.39. The molecule has 2 aliphatic rings. The van der Waals surface area contributed by atoms with Crippen molar-refractivity contribution in [1.82, 2.24) is 5.32 Å². The monoisotopic (exact) mass is 276 g/mol. The first-order chi connectivity index (χ1) is 9.78. The van der Waals surface area contributed by atoms with Gasteiger partial charge in [-0.05, 0) is 25.0 Å². The van der Waals surface area contributed by atoms with E-state index in [0.29, 0.717) is 13.2 Å². The normalized spacial score (nSPS) is 20.8. The van der Waals surface area contributed by atoms with Crippen LogP contribution in [0.5, 0.6) is 11.5 Å². The van der Waals surface area contributed by atoms with E-state index >= 15 is 0 Å². The average Bonchev–Trinajstić information content (AvgIpc) is 2.54. The summed E-state index contributed by atoms with van der Waals surface area (Å²) in [4.78, 5) is 2.44. The maximum Gasteiger partial charge on any atom is 0.184 e. The Morgan fingerprint density at radius 2 is 2.00 bits per heavy atom. The molecule has 0 unspecified atom stereocenters. The zero-order valence-electron chi connectivity index (χ0n) is 12.4. The van der Waals surface area contributed by atoms with E-state index in [9.17, 15) is 0 Å². The van der Waals surface area contributed by atoms with Crippen LogP contribution in [0.15, 0.2) is 18.2 Å². The molecular formula is C16H24N2O2. The van der Waals surface area contributed by atoms with E-state index in [4.69, 9.17) is 9.47 Å². The smallest absolute Gasteiger partial charge is 0.184 e. The third-order valence-corrected chi connectivity index (χ3v) is 4.61. The number of ether oxygens (including phenoxy) is 2. The number of para-hydroxylation sites is 1. The molecule has 1 fully saturated rings. The van der Waals surface area contributed by atoms with Crippen molar-refractivity contribution < 1.29 is 9.47 Å². The molecule has 1 N–H and O–H groups in total. The Balaban J connectivity index is 1.89. The van der Waals surface area contributed by atoms with Gasteiger partial charge in [0.1, 0.15) is 13.2 Å².